The van der Waals surface area contributed by atoms with Gasteiger partial charge in [0, 0.05) is 28.7 Å². The number of carboxylic acid groups (broad SMARTS) is 1. The van der Waals surface area contributed by atoms with Crippen LogP contribution in [0.5, 0.6) is 0 Å². The molecule has 0 fully saturated rings. The molecule has 0 saturated carbocycles. The highest BCUT2D eigenvalue weighted by atomic mass is 16.4. The first-order valence-electron chi connectivity index (χ1n) is 6.39. The zero-order valence-electron chi connectivity index (χ0n) is 11.6. The first-order valence-corrected chi connectivity index (χ1v) is 6.39. The lowest BCUT2D eigenvalue weighted by Gasteiger charge is -2.10. The first-order chi connectivity index (χ1) is 8.82. The molecule has 1 atom stereocenters. The lowest BCUT2D eigenvalue weighted by molar-refractivity contribution is 0.0696. The summed E-state index contributed by atoms with van der Waals surface area (Å²) in [7, 11) is 0. The Labute approximate surface area is 112 Å². The first kappa shape index (κ1) is 13.6. The van der Waals surface area contributed by atoms with Gasteiger partial charge in [0.15, 0.2) is 0 Å². The number of aryl methyl sites for hydroxylation is 1. The Kier molecular flexibility index (Phi) is 3.37. The summed E-state index contributed by atoms with van der Waals surface area (Å²) in [4.78, 5) is 11.2. The molecule has 1 aromatic heterocycles. The maximum atomic E-state index is 11.2. The monoisotopic (exact) mass is 261 g/mol. The number of aromatic carboxylic acids is 1. The Morgan fingerprint density at radius 2 is 1.89 bits per heavy atom. The van der Waals surface area contributed by atoms with Crippen molar-refractivity contribution in [1.29, 1.82) is 0 Å². The highest BCUT2D eigenvalue weighted by Gasteiger charge is 2.17. The third-order valence-electron chi connectivity index (χ3n) is 3.45. The van der Waals surface area contributed by atoms with E-state index in [1.165, 1.54) is 0 Å². The fourth-order valence-electron chi connectivity index (χ4n) is 2.42. The van der Waals surface area contributed by atoms with Crippen molar-refractivity contribution in [2.75, 3.05) is 0 Å². The van der Waals surface area contributed by atoms with Crippen LogP contribution < -0.4 is 0 Å². The number of benzene rings is 1. The SMILES string of the molecule is Cc1cc2c(C(C)O)cn(C(C)C)c2cc1C(=O)O. The van der Waals surface area contributed by atoms with Crippen LogP contribution in [0, 0.1) is 6.92 Å². The summed E-state index contributed by atoms with van der Waals surface area (Å²) in [6.07, 6.45) is 1.34. The van der Waals surface area contributed by atoms with Crippen molar-refractivity contribution < 1.29 is 15.0 Å². The molecule has 0 bridgehead atoms. The molecular formula is C15H19NO3. The summed E-state index contributed by atoms with van der Waals surface area (Å²) in [5.74, 6) is -0.922. The fraction of sp³-hybridized carbons (Fsp3) is 0.400. The molecule has 102 valence electrons. The predicted octanol–water partition coefficient (Wildman–Crippen LogP) is 3.28. The van der Waals surface area contributed by atoms with Gasteiger partial charge in [0.25, 0.3) is 0 Å². The normalized spacial score (nSPS) is 13.2. The third-order valence-corrected chi connectivity index (χ3v) is 3.45. The summed E-state index contributed by atoms with van der Waals surface area (Å²) in [5.41, 5.74) is 2.71. The van der Waals surface area contributed by atoms with E-state index in [1.54, 1.807) is 19.9 Å². The highest BCUT2D eigenvalue weighted by molar-refractivity contribution is 5.96. The lowest BCUT2D eigenvalue weighted by Crippen LogP contribution is -2.02. The molecule has 1 unspecified atom stereocenters. The largest absolute Gasteiger partial charge is 0.478 e. The number of aliphatic hydroxyl groups excluding tert-OH is 1. The topological polar surface area (TPSA) is 62.5 Å². The van der Waals surface area contributed by atoms with Gasteiger partial charge in [-0.05, 0) is 45.4 Å². The molecule has 19 heavy (non-hydrogen) atoms. The quantitative estimate of drug-likeness (QED) is 0.891. The van der Waals surface area contributed by atoms with Crippen molar-refractivity contribution in [3.05, 3.63) is 35.0 Å². The van der Waals surface area contributed by atoms with Crippen LogP contribution in [0.4, 0.5) is 0 Å². The van der Waals surface area contributed by atoms with Gasteiger partial charge in [0.05, 0.1) is 11.7 Å². The minimum atomic E-state index is -0.922. The summed E-state index contributed by atoms with van der Waals surface area (Å²) < 4.78 is 2.00. The number of carboxylic acids is 1. The molecule has 2 rings (SSSR count). The summed E-state index contributed by atoms with van der Waals surface area (Å²) >= 11 is 0. The van der Waals surface area contributed by atoms with Crippen molar-refractivity contribution in [3.8, 4) is 0 Å². The van der Waals surface area contributed by atoms with Crippen LogP contribution in [0.1, 0.15) is 54.4 Å². The van der Waals surface area contributed by atoms with Gasteiger partial charge in [-0.25, -0.2) is 4.79 Å². The zero-order chi connectivity index (χ0) is 14.3. The number of rotatable bonds is 3. The molecule has 0 spiro atoms. The molecule has 4 nitrogen and oxygen atoms in total. The second-order valence-corrected chi connectivity index (χ2v) is 5.25. The van der Waals surface area contributed by atoms with E-state index < -0.39 is 12.1 Å². The van der Waals surface area contributed by atoms with E-state index in [9.17, 15) is 15.0 Å². The standard InChI is InChI=1S/C15H19NO3/c1-8(2)16-7-13(10(4)17)12-5-9(3)11(15(18)19)6-14(12)16/h5-8,10,17H,1-4H3,(H,18,19). The van der Waals surface area contributed by atoms with Crippen molar-refractivity contribution in [2.24, 2.45) is 0 Å². The second kappa shape index (κ2) is 4.70. The second-order valence-electron chi connectivity index (χ2n) is 5.25. The number of nitrogens with zero attached hydrogens (tertiary/aromatic N) is 1. The number of hydrogen-bond acceptors (Lipinski definition) is 2. The van der Waals surface area contributed by atoms with Gasteiger partial charge < -0.3 is 14.8 Å². The Morgan fingerprint density at radius 1 is 1.26 bits per heavy atom. The number of fused-ring (bicyclic) bond motifs is 1. The van der Waals surface area contributed by atoms with Crippen molar-refractivity contribution >= 4 is 16.9 Å². The zero-order valence-corrected chi connectivity index (χ0v) is 11.6. The fourth-order valence-corrected chi connectivity index (χ4v) is 2.42. The molecule has 0 amide bonds. The summed E-state index contributed by atoms with van der Waals surface area (Å²) in [5, 5.41) is 20.0. The molecule has 2 aromatic rings. The molecule has 0 aliphatic rings. The number of aliphatic hydroxyl groups is 1. The minimum Gasteiger partial charge on any atom is -0.478 e. The molecule has 2 N–H and O–H groups in total. The lowest BCUT2D eigenvalue weighted by atomic mass is 10.0. The molecule has 1 aromatic carbocycles. The maximum Gasteiger partial charge on any atom is 0.336 e. The van der Waals surface area contributed by atoms with E-state index in [4.69, 9.17) is 0 Å². The van der Waals surface area contributed by atoms with E-state index in [-0.39, 0.29) is 6.04 Å². The van der Waals surface area contributed by atoms with Crippen molar-refractivity contribution in [3.63, 3.8) is 0 Å². The van der Waals surface area contributed by atoms with Gasteiger partial charge in [-0.1, -0.05) is 0 Å². The Morgan fingerprint density at radius 3 is 2.37 bits per heavy atom. The van der Waals surface area contributed by atoms with Gasteiger partial charge in [-0.2, -0.15) is 0 Å². The van der Waals surface area contributed by atoms with Gasteiger partial charge in [0.1, 0.15) is 0 Å². The van der Waals surface area contributed by atoms with Gasteiger partial charge >= 0.3 is 5.97 Å². The van der Waals surface area contributed by atoms with E-state index in [2.05, 4.69) is 0 Å². The third kappa shape index (κ3) is 2.24. The average Bonchev–Trinajstić information content (AvgIpc) is 2.66. The summed E-state index contributed by atoms with van der Waals surface area (Å²) in [6, 6.07) is 3.75. The van der Waals surface area contributed by atoms with E-state index >= 15 is 0 Å². The number of aromatic nitrogens is 1. The molecule has 4 heteroatoms. The van der Waals surface area contributed by atoms with E-state index in [0.717, 1.165) is 16.5 Å². The Bertz CT molecular complexity index is 638. The van der Waals surface area contributed by atoms with Crippen LogP contribution in [-0.4, -0.2) is 20.7 Å². The molecule has 0 aliphatic heterocycles. The summed E-state index contributed by atoms with van der Waals surface area (Å²) in [6.45, 7) is 7.57. The minimum absolute atomic E-state index is 0.208. The van der Waals surface area contributed by atoms with Gasteiger partial charge in [0.2, 0.25) is 0 Å². The van der Waals surface area contributed by atoms with Crippen LogP contribution in [0.15, 0.2) is 18.3 Å². The number of carbonyl (C=O) groups is 1. The predicted molar refractivity (Wildman–Crippen MR) is 74.7 cm³/mol. The molecule has 0 saturated heterocycles. The van der Waals surface area contributed by atoms with Crippen LogP contribution in [0.3, 0.4) is 0 Å². The van der Waals surface area contributed by atoms with Crippen LogP contribution in [-0.2, 0) is 0 Å². The molecule has 0 aliphatic carbocycles. The molecule has 0 radical (unpaired) electrons. The molecular weight excluding hydrogens is 242 g/mol. The van der Waals surface area contributed by atoms with Crippen LogP contribution >= 0.6 is 0 Å². The van der Waals surface area contributed by atoms with Crippen LogP contribution in [0.2, 0.25) is 0 Å². The smallest absolute Gasteiger partial charge is 0.336 e. The maximum absolute atomic E-state index is 11.2. The highest BCUT2D eigenvalue weighted by Crippen LogP contribution is 2.31. The van der Waals surface area contributed by atoms with Gasteiger partial charge in [-0.3, -0.25) is 0 Å². The Balaban J connectivity index is 2.83. The number of hydrogen-bond donors (Lipinski definition) is 2. The van der Waals surface area contributed by atoms with Crippen molar-refractivity contribution in [1.82, 2.24) is 4.57 Å². The van der Waals surface area contributed by atoms with E-state index in [1.807, 2.05) is 30.7 Å². The van der Waals surface area contributed by atoms with Crippen LogP contribution in [0.25, 0.3) is 10.9 Å². The average molecular weight is 261 g/mol. The van der Waals surface area contributed by atoms with Crippen molar-refractivity contribution in [2.45, 2.75) is 39.8 Å². The Hall–Kier alpha value is -1.81. The van der Waals surface area contributed by atoms with E-state index in [0.29, 0.717) is 11.1 Å². The molecule has 1 heterocycles. The van der Waals surface area contributed by atoms with Gasteiger partial charge in [-0.15, -0.1) is 0 Å².